The molecule has 0 bridgehead atoms. The van der Waals surface area contributed by atoms with Crippen LogP contribution >= 0.6 is 0 Å². The van der Waals surface area contributed by atoms with Gasteiger partial charge in [0.15, 0.2) is 5.78 Å². The Balaban J connectivity index is 1.48. The molecule has 32 heavy (non-hydrogen) atoms. The van der Waals surface area contributed by atoms with Crippen LogP contribution in [0.25, 0.3) is 0 Å². The van der Waals surface area contributed by atoms with E-state index in [0.29, 0.717) is 28.4 Å². The van der Waals surface area contributed by atoms with E-state index in [1.54, 1.807) is 0 Å². The van der Waals surface area contributed by atoms with E-state index < -0.39 is 0 Å². The Morgan fingerprint density at radius 2 is 1.94 bits per heavy atom. The lowest BCUT2D eigenvalue weighted by atomic mass is 9.46. The second-order valence-electron chi connectivity index (χ2n) is 13.4. The summed E-state index contributed by atoms with van der Waals surface area (Å²) in [5.41, 5.74) is 2.09. The molecule has 0 aromatic heterocycles. The molecule has 4 aliphatic carbocycles. The highest BCUT2D eigenvalue weighted by molar-refractivity contribution is 5.94. The molecule has 0 amide bonds. The Morgan fingerprint density at radius 1 is 1.19 bits per heavy atom. The highest BCUT2D eigenvalue weighted by Crippen LogP contribution is 2.66. The van der Waals surface area contributed by atoms with Crippen molar-refractivity contribution < 1.29 is 9.90 Å². The average Bonchev–Trinajstić information content (AvgIpc) is 3.06. The number of aliphatic hydroxyl groups is 1. The van der Waals surface area contributed by atoms with Gasteiger partial charge in [0.2, 0.25) is 0 Å². The first kappa shape index (κ1) is 24.2. The van der Waals surface area contributed by atoms with E-state index >= 15 is 0 Å². The lowest BCUT2D eigenvalue weighted by Crippen LogP contribution is -2.53. The molecule has 0 aromatic rings. The zero-order valence-corrected chi connectivity index (χ0v) is 21.5. The average molecular weight is 441 g/mol. The number of rotatable bonds is 7. The summed E-state index contributed by atoms with van der Waals surface area (Å²) in [6.07, 6.45) is 16.5. The summed E-state index contributed by atoms with van der Waals surface area (Å²) >= 11 is 0. The molecular weight excluding hydrogens is 392 g/mol. The van der Waals surface area contributed by atoms with Gasteiger partial charge in [-0.25, -0.2) is 0 Å². The predicted molar refractivity (Wildman–Crippen MR) is 133 cm³/mol. The highest BCUT2D eigenvalue weighted by Gasteiger charge is 2.61. The van der Waals surface area contributed by atoms with Crippen LogP contribution in [0.4, 0.5) is 0 Å². The number of allylic oxidation sites excluding steroid dienone is 2. The fourth-order valence-corrected chi connectivity index (χ4v) is 8.95. The van der Waals surface area contributed by atoms with Crippen LogP contribution in [0, 0.1) is 45.8 Å². The van der Waals surface area contributed by atoms with E-state index in [-0.39, 0.29) is 17.4 Å². The van der Waals surface area contributed by atoms with Crippen molar-refractivity contribution in [1.29, 1.82) is 0 Å². The number of carbonyl (C=O) groups is 1. The molecule has 3 saturated carbocycles. The molecule has 180 valence electrons. The van der Waals surface area contributed by atoms with Gasteiger partial charge in [0.05, 0.1) is 6.10 Å². The first-order valence-electron chi connectivity index (χ1n) is 13.6. The van der Waals surface area contributed by atoms with Crippen molar-refractivity contribution in [3.8, 4) is 0 Å². The summed E-state index contributed by atoms with van der Waals surface area (Å²) in [6, 6.07) is 0. The van der Waals surface area contributed by atoms with Gasteiger partial charge < -0.3 is 5.11 Å². The molecule has 8 atom stereocenters. The van der Waals surface area contributed by atoms with Gasteiger partial charge in [-0.2, -0.15) is 0 Å². The molecule has 0 heterocycles. The maximum atomic E-state index is 13.5. The van der Waals surface area contributed by atoms with E-state index in [4.69, 9.17) is 0 Å². The molecule has 3 fully saturated rings. The van der Waals surface area contributed by atoms with Gasteiger partial charge in [0, 0.05) is 5.92 Å². The molecular formula is C30H48O2. The van der Waals surface area contributed by atoms with Crippen molar-refractivity contribution in [3.63, 3.8) is 0 Å². The Bertz CT molecular complexity index is 763. The van der Waals surface area contributed by atoms with Gasteiger partial charge >= 0.3 is 0 Å². The van der Waals surface area contributed by atoms with Crippen molar-refractivity contribution in [2.75, 3.05) is 0 Å². The second-order valence-corrected chi connectivity index (χ2v) is 13.4. The number of hydrogen-bond donors (Lipinski definition) is 1. The maximum Gasteiger partial charge on any atom is 0.159 e. The van der Waals surface area contributed by atoms with E-state index in [1.807, 2.05) is 6.08 Å². The van der Waals surface area contributed by atoms with Crippen LogP contribution in [0.5, 0.6) is 0 Å². The SMILES string of the molecule is C=CCC(C)(C)CCC[C@@H](C)[C@H]1CC[C@H]2[C@@H]3C(=O)C=C4C[C@@H](O)CC[C@]4(C)[C@H]3CC[C@]12C. The Hall–Kier alpha value is -0.890. The summed E-state index contributed by atoms with van der Waals surface area (Å²) in [7, 11) is 0. The normalized spacial score (nSPS) is 42.5. The molecule has 0 radical (unpaired) electrons. The molecule has 0 aliphatic heterocycles. The largest absolute Gasteiger partial charge is 0.393 e. The Labute approximate surface area is 197 Å². The summed E-state index contributed by atoms with van der Waals surface area (Å²) < 4.78 is 0. The first-order valence-corrected chi connectivity index (χ1v) is 13.6. The lowest BCUT2D eigenvalue weighted by Gasteiger charge is -2.57. The fraction of sp³-hybridized carbons (Fsp3) is 0.833. The van der Waals surface area contributed by atoms with E-state index in [9.17, 15) is 9.90 Å². The van der Waals surface area contributed by atoms with Gasteiger partial charge in [-0.05, 0) is 104 Å². The van der Waals surface area contributed by atoms with Crippen LogP contribution in [0.15, 0.2) is 24.3 Å². The highest BCUT2D eigenvalue weighted by atomic mass is 16.3. The van der Waals surface area contributed by atoms with Crippen LogP contribution in [-0.4, -0.2) is 17.0 Å². The van der Waals surface area contributed by atoms with Gasteiger partial charge in [0.1, 0.15) is 0 Å². The molecule has 1 N–H and O–H groups in total. The smallest absolute Gasteiger partial charge is 0.159 e. The number of carbonyl (C=O) groups excluding carboxylic acids is 1. The van der Waals surface area contributed by atoms with Crippen LogP contribution in [0.3, 0.4) is 0 Å². The molecule has 0 aromatic carbocycles. The Kier molecular flexibility index (Phi) is 6.60. The molecule has 0 saturated heterocycles. The lowest BCUT2D eigenvalue weighted by molar-refractivity contribution is -0.135. The molecule has 2 nitrogen and oxygen atoms in total. The predicted octanol–water partition coefficient (Wildman–Crippen LogP) is 7.51. The monoisotopic (exact) mass is 440 g/mol. The second kappa shape index (κ2) is 8.71. The van der Waals surface area contributed by atoms with Gasteiger partial charge in [-0.1, -0.05) is 59.1 Å². The molecule has 0 unspecified atom stereocenters. The quantitative estimate of drug-likeness (QED) is 0.416. The zero-order chi connectivity index (χ0) is 23.3. The van der Waals surface area contributed by atoms with Gasteiger partial charge in [-0.3, -0.25) is 4.79 Å². The van der Waals surface area contributed by atoms with E-state index in [0.717, 1.165) is 37.5 Å². The van der Waals surface area contributed by atoms with Crippen LogP contribution in [0.2, 0.25) is 0 Å². The fourth-order valence-electron chi connectivity index (χ4n) is 8.95. The molecule has 4 aliphatic rings. The summed E-state index contributed by atoms with van der Waals surface area (Å²) in [4.78, 5) is 13.5. The number of aliphatic hydroxyl groups excluding tert-OH is 1. The summed E-state index contributed by atoms with van der Waals surface area (Å²) in [6.45, 7) is 16.1. The molecule has 2 heteroatoms. The Morgan fingerprint density at radius 3 is 2.66 bits per heavy atom. The molecule has 0 spiro atoms. The minimum absolute atomic E-state index is 0.138. The van der Waals surface area contributed by atoms with Crippen molar-refractivity contribution in [1.82, 2.24) is 0 Å². The van der Waals surface area contributed by atoms with Crippen LogP contribution < -0.4 is 0 Å². The van der Waals surface area contributed by atoms with Gasteiger partial charge in [0.25, 0.3) is 0 Å². The van der Waals surface area contributed by atoms with Crippen molar-refractivity contribution in [2.45, 2.75) is 111 Å². The zero-order valence-electron chi connectivity index (χ0n) is 21.5. The third-order valence-corrected chi connectivity index (χ3v) is 10.9. The number of hydrogen-bond acceptors (Lipinski definition) is 2. The standard InChI is InChI=1S/C30H48O2/c1-7-14-28(3,4)15-8-9-20(2)23-10-11-24-27-25(13-17-30(23,24)6)29(5)16-12-22(31)18-21(29)19-26(27)32/h7,19-20,22-25,27,31H,1,8-18H2,2-6H3/t20-,22+,23-,24+,25+,27+,29+,30-/m1/s1. The van der Waals surface area contributed by atoms with Gasteiger partial charge in [-0.15, -0.1) is 6.58 Å². The topological polar surface area (TPSA) is 37.3 Å². The van der Waals surface area contributed by atoms with E-state index in [2.05, 4.69) is 47.3 Å². The molecule has 4 rings (SSSR count). The van der Waals surface area contributed by atoms with Crippen molar-refractivity contribution in [2.24, 2.45) is 45.8 Å². The summed E-state index contributed by atoms with van der Waals surface area (Å²) in [5.74, 6) is 3.17. The minimum Gasteiger partial charge on any atom is -0.393 e. The number of fused-ring (bicyclic) bond motifs is 5. The van der Waals surface area contributed by atoms with E-state index in [1.165, 1.54) is 50.5 Å². The first-order chi connectivity index (χ1) is 15.0. The number of ketones is 1. The van der Waals surface area contributed by atoms with Crippen LogP contribution in [-0.2, 0) is 4.79 Å². The van der Waals surface area contributed by atoms with Crippen molar-refractivity contribution in [3.05, 3.63) is 24.3 Å². The summed E-state index contributed by atoms with van der Waals surface area (Å²) in [5, 5.41) is 10.2. The van der Waals surface area contributed by atoms with Crippen molar-refractivity contribution >= 4 is 5.78 Å². The maximum absolute atomic E-state index is 13.5. The third-order valence-electron chi connectivity index (χ3n) is 10.9. The van der Waals surface area contributed by atoms with Crippen LogP contribution in [0.1, 0.15) is 105 Å². The third kappa shape index (κ3) is 4.08. The minimum atomic E-state index is -0.249.